The van der Waals surface area contributed by atoms with E-state index in [1.54, 1.807) is 0 Å². The lowest BCUT2D eigenvalue weighted by molar-refractivity contribution is -0.0835. The molecule has 3 rings (SSSR count). The van der Waals surface area contributed by atoms with E-state index in [2.05, 4.69) is 41.3 Å². The molecule has 0 aromatic carbocycles. The molecular formula is C20H39IN4O. The van der Waals surface area contributed by atoms with Crippen molar-refractivity contribution in [3.8, 4) is 0 Å². The molecular weight excluding hydrogens is 439 g/mol. The summed E-state index contributed by atoms with van der Waals surface area (Å²) >= 11 is 0. The summed E-state index contributed by atoms with van der Waals surface area (Å²) in [7, 11) is 1.87. The molecule has 1 saturated carbocycles. The van der Waals surface area contributed by atoms with E-state index in [9.17, 15) is 0 Å². The van der Waals surface area contributed by atoms with Crippen molar-refractivity contribution in [2.45, 2.75) is 65.0 Å². The number of nitrogens with one attached hydrogen (secondary N) is 2. The molecule has 2 N–H and O–H groups in total. The van der Waals surface area contributed by atoms with Crippen LogP contribution in [0.2, 0.25) is 0 Å². The Hall–Kier alpha value is -0.0800. The maximum absolute atomic E-state index is 6.10. The summed E-state index contributed by atoms with van der Waals surface area (Å²) in [5.74, 6) is 2.27. The van der Waals surface area contributed by atoms with Gasteiger partial charge in [0.25, 0.3) is 0 Å². The predicted octanol–water partition coefficient (Wildman–Crippen LogP) is 3.10. The maximum Gasteiger partial charge on any atom is 0.190 e. The van der Waals surface area contributed by atoms with Crippen LogP contribution in [0, 0.1) is 17.3 Å². The van der Waals surface area contributed by atoms with Gasteiger partial charge in [-0.1, -0.05) is 20.8 Å². The number of aliphatic imine (C=N–C) groups is 1. The van der Waals surface area contributed by atoms with Crippen LogP contribution in [0.4, 0.5) is 0 Å². The topological polar surface area (TPSA) is 48.9 Å². The lowest BCUT2D eigenvalue weighted by atomic mass is 9.78. The molecule has 0 radical (unpaired) electrons. The number of ether oxygens (including phenoxy) is 1. The Kier molecular flexibility index (Phi) is 8.47. The van der Waals surface area contributed by atoms with Gasteiger partial charge in [0.1, 0.15) is 0 Å². The summed E-state index contributed by atoms with van der Waals surface area (Å²) in [5.41, 5.74) is 0.194. The third-order valence-corrected chi connectivity index (χ3v) is 5.99. The minimum absolute atomic E-state index is 0. The normalized spacial score (nSPS) is 30.8. The molecule has 2 aliphatic heterocycles. The second-order valence-corrected chi connectivity index (χ2v) is 9.27. The molecule has 3 fully saturated rings. The van der Waals surface area contributed by atoms with Gasteiger partial charge < -0.3 is 20.3 Å². The highest BCUT2D eigenvalue weighted by atomic mass is 127. The third kappa shape index (κ3) is 6.23. The maximum atomic E-state index is 6.10. The largest absolute Gasteiger partial charge is 0.377 e. The fourth-order valence-corrected chi connectivity index (χ4v) is 4.50. The first-order chi connectivity index (χ1) is 12.0. The number of guanidine groups is 1. The number of rotatable bonds is 5. The van der Waals surface area contributed by atoms with Gasteiger partial charge in [-0.05, 0) is 50.0 Å². The van der Waals surface area contributed by atoms with Crippen molar-refractivity contribution in [2.24, 2.45) is 22.2 Å². The Labute approximate surface area is 177 Å². The molecule has 0 aromatic heterocycles. The Morgan fingerprint density at radius 2 is 1.85 bits per heavy atom. The van der Waals surface area contributed by atoms with E-state index in [4.69, 9.17) is 4.74 Å². The van der Waals surface area contributed by atoms with Gasteiger partial charge in [0, 0.05) is 45.2 Å². The van der Waals surface area contributed by atoms with Crippen LogP contribution in [0.3, 0.4) is 0 Å². The first-order valence-electron chi connectivity index (χ1n) is 10.3. The smallest absolute Gasteiger partial charge is 0.190 e. The minimum atomic E-state index is 0. The van der Waals surface area contributed by atoms with Crippen LogP contribution in [-0.2, 0) is 4.74 Å². The summed E-state index contributed by atoms with van der Waals surface area (Å²) in [4.78, 5) is 7.10. The highest BCUT2D eigenvalue weighted by Crippen LogP contribution is 2.34. The molecule has 0 aromatic rings. The summed E-state index contributed by atoms with van der Waals surface area (Å²) in [5, 5.41) is 7.11. The summed E-state index contributed by atoms with van der Waals surface area (Å²) in [6.45, 7) is 12.3. The van der Waals surface area contributed by atoms with Gasteiger partial charge in [-0.15, -0.1) is 24.0 Å². The Morgan fingerprint density at radius 3 is 2.50 bits per heavy atom. The quantitative estimate of drug-likeness (QED) is 0.362. The summed E-state index contributed by atoms with van der Waals surface area (Å²) < 4.78 is 6.10. The van der Waals surface area contributed by atoms with Gasteiger partial charge >= 0.3 is 0 Å². The van der Waals surface area contributed by atoms with Gasteiger partial charge in [-0.25, -0.2) is 0 Å². The van der Waals surface area contributed by atoms with Crippen LogP contribution in [0.25, 0.3) is 0 Å². The van der Waals surface area contributed by atoms with E-state index in [1.165, 1.54) is 45.2 Å². The van der Waals surface area contributed by atoms with Crippen LogP contribution in [0.15, 0.2) is 4.99 Å². The van der Waals surface area contributed by atoms with Gasteiger partial charge in [0.05, 0.1) is 6.10 Å². The fraction of sp³-hybridized carbons (Fsp3) is 0.950. The van der Waals surface area contributed by atoms with E-state index in [0.717, 1.165) is 37.6 Å². The van der Waals surface area contributed by atoms with Crippen molar-refractivity contribution in [3.05, 3.63) is 0 Å². The molecule has 2 heterocycles. The molecule has 0 bridgehead atoms. The van der Waals surface area contributed by atoms with Crippen molar-refractivity contribution < 1.29 is 4.74 Å². The van der Waals surface area contributed by atoms with E-state index >= 15 is 0 Å². The van der Waals surface area contributed by atoms with Crippen molar-refractivity contribution in [1.29, 1.82) is 0 Å². The lowest BCUT2D eigenvalue weighted by Crippen LogP contribution is -2.48. The molecule has 2 saturated heterocycles. The number of likely N-dealkylation sites (tertiary alicyclic amines) is 1. The summed E-state index contributed by atoms with van der Waals surface area (Å²) in [6, 6.07) is 0.906. The van der Waals surface area contributed by atoms with Gasteiger partial charge in [-0.2, -0.15) is 0 Å². The summed E-state index contributed by atoms with van der Waals surface area (Å²) in [6.07, 6.45) is 6.90. The van der Waals surface area contributed by atoms with E-state index in [0.29, 0.717) is 12.0 Å². The van der Waals surface area contributed by atoms with Crippen LogP contribution in [-0.4, -0.2) is 62.8 Å². The van der Waals surface area contributed by atoms with Gasteiger partial charge in [0.15, 0.2) is 5.96 Å². The molecule has 0 spiro atoms. The van der Waals surface area contributed by atoms with Crippen molar-refractivity contribution in [1.82, 2.24) is 15.5 Å². The molecule has 1 aliphatic carbocycles. The lowest BCUT2D eigenvalue weighted by Gasteiger charge is -2.40. The average Bonchev–Trinajstić information content (AvgIpc) is 3.33. The van der Waals surface area contributed by atoms with Crippen LogP contribution >= 0.6 is 24.0 Å². The van der Waals surface area contributed by atoms with Crippen molar-refractivity contribution >= 4 is 29.9 Å². The molecule has 3 atom stereocenters. The highest BCUT2D eigenvalue weighted by molar-refractivity contribution is 14.0. The van der Waals surface area contributed by atoms with Crippen LogP contribution in [0.1, 0.15) is 52.9 Å². The molecule has 3 aliphatic rings. The predicted molar refractivity (Wildman–Crippen MR) is 119 cm³/mol. The molecule has 5 nitrogen and oxygen atoms in total. The first-order valence-corrected chi connectivity index (χ1v) is 10.3. The Morgan fingerprint density at radius 1 is 1.12 bits per heavy atom. The zero-order chi connectivity index (χ0) is 17.9. The van der Waals surface area contributed by atoms with E-state index in [-0.39, 0.29) is 29.4 Å². The van der Waals surface area contributed by atoms with Crippen molar-refractivity contribution in [2.75, 3.05) is 39.8 Å². The van der Waals surface area contributed by atoms with Crippen molar-refractivity contribution in [3.63, 3.8) is 0 Å². The molecule has 3 unspecified atom stereocenters. The van der Waals surface area contributed by atoms with Crippen LogP contribution in [0.5, 0.6) is 0 Å². The number of hydrogen-bond donors (Lipinski definition) is 2. The molecule has 152 valence electrons. The number of hydrogen-bond acceptors (Lipinski definition) is 3. The molecule has 6 heteroatoms. The van der Waals surface area contributed by atoms with Crippen LogP contribution < -0.4 is 10.6 Å². The third-order valence-electron chi connectivity index (χ3n) is 5.99. The Balaban J connectivity index is 0.00000243. The van der Waals surface area contributed by atoms with Gasteiger partial charge in [0.2, 0.25) is 0 Å². The number of halogens is 1. The average molecular weight is 478 g/mol. The fourth-order valence-electron chi connectivity index (χ4n) is 4.50. The second kappa shape index (κ2) is 9.92. The number of nitrogens with zero attached hydrogens (tertiary/aromatic N) is 2. The SMILES string of the molecule is CN=C(NCC1CCN(C2CC2)C1)NCC1CCCOC1C(C)(C)C.I. The monoisotopic (exact) mass is 478 g/mol. The second-order valence-electron chi connectivity index (χ2n) is 9.27. The zero-order valence-electron chi connectivity index (χ0n) is 17.1. The minimum Gasteiger partial charge on any atom is -0.377 e. The van der Waals surface area contributed by atoms with E-state index < -0.39 is 0 Å². The highest BCUT2D eigenvalue weighted by Gasteiger charge is 2.36. The molecule has 0 amide bonds. The Bertz CT molecular complexity index is 461. The first kappa shape index (κ1) is 22.2. The van der Waals surface area contributed by atoms with Gasteiger partial charge in [-0.3, -0.25) is 4.99 Å². The zero-order valence-corrected chi connectivity index (χ0v) is 19.4. The molecule has 26 heavy (non-hydrogen) atoms. The van der Waals surface area contributed by atoms with E-state index in [1.807, 2.05) is 7.05 Å². The standard InChI is InChI=1S/C20H38N4O.HI/c1-20(2,3)18-16(6-5-11-25-18)13-23-19(21-4)22-12-15-9-10-24(14-15)17-7-8-17;/h15-18H,5-14H2,1-4H3,(H2,21,22,23);1H.